The van der Waals surface area contributed by atoms with Crippen LogP contribution < -0.4 is 5.73 Å². The van der Waals surface area contributed by atoms with E-state index in [0.717, 1.165) is 0 Å². The minimum atomic E-state index is -0.934. The number of nitrogens with zero attached hydrogens (tertiary/aromatic N) is 1. The molecule has 66 valence electrons. The van der Waals surface area contributed by atoms with E-state index in [1.807, 2.05) is 0 Å². The molecule has 1 heterocycles. The van der Waals surface area contributed by atoms with Gasteiger partial charge >= 0.3 is 5.97 Å². The number of imidazole rings is 1. The minimum Gasteiger partial charge on any atom is -0.481 e. The van der Waals surface area contributed by atoms with Crippen molar-refractivity contribution < 1.29 is 9.90 Å². The molecule has 12 heavy (non-hydrogen) atoms. The van der Waals surface area contributed by atoms with Crippen LogP contribution in [0.3, 0.4) is 0 Å². The van der Waals surface area contributed by atoms with Gasteiger partial charge < -0.3 is 15.8 Å². The maximum absolute atomic E-state index is 10.4. The third kappa shape index (κ3) is 1.82. The normalized spacial score (nSPS) is 15.5. The molecule has 0 radical (unpaired) electrons. The number of rotatable bonds is 3. The lowest BCUT2D eigenvalue weighted by molar-refractivity contribution is -0.138. The zero-order chi connectivity index (χ0) is 9.19. The van der Waals surface area contributed by atoms with E-state index in [2.05, 4.69) is 9.97 Å². The monoisotopic (exact) mass is 169 g/mol. The number of carboxylic acid groups (broad SMARTS) is 1. The van der Waals surface area contributed by atoms with Gasteiger partial charge in [-0.15, -0.1) is 0 Å². The van der Waals surface area contributed by atoms with Gasteiger partial charge in [0.05, 0.1) is 12.0 Å². The van der Waals surface area contributed by atoms with Crippen molar-refractivity contribution in [2.45, 2.75) is 18.9 Å². The maximum Gasteiger partial charge on any atom is 0.305 e. The number of aromatic amines is 1. The van der Waals surface area contributed by atoms with Crippen LogP contribution in [0, 0.1) is 0 Å². The van der Waals surface area contributed by atoms with Gasteiger partial charge in [-0.3, -0.25) is 4.79 Å². The summed E-state index contributed by atoms with van der Waals surface area (Å²) in [6.45, 7) is 1.62. The molecule has 0 fully saturated rings. The van der Waals surface area contributed by atoms with E-state index in [0.29, 0.717) is 5.82 Å². The van der Waals surface area contributed by atoms with E-state index in [4.69, 9.17) is 10.8 Å². The fourth-order valence-corrected chi connectivity index (χ4v) is 0.975. The van der Waals surface area contributed by atoms with Crippen molar-refractivity contribution in [3.05, 3.63) is 18.2 Å². The SMILES string of the molecule is C[C@](N)(CC(=O)O)c1ncc[nH]1. The van der Waals surface area contributed by atoms with Gasteiger partial charge in [0.2, 0.25) is 0 Å². The number of hydrogen-bond donors (Lipinski definition) is 3. The van der Waals surface area contributed by atoms with Gasteiger partial charge in [-0.05, 0) is 6.92 Å². The summed E-state index contributed by atoms with van der Waals surface area (Å²) in [6, 6.07) is 0. The van der Waals surface area contributed by atoms with E-state index >= 15 is 0 Å². The van der Waals surface area contributed by atoms with Crippen LogP contribution in [0.25, 0.3) is 0 Å². The van der Waals surface area contributed by atoms with Crippen LogP contribution in [-0.2, 0) is 10.3 Å². The average molecular weight is 169 g/mol. The van der Waals surface area contributed by atoms with Gasteiger partial charge in [-0.2, -0.15) is 0 Å². The van der Waals surface area contributed by atoms with Crippen molar-refractivity contribution in [2.24, 2.45) is 5.73 Å². The van der Waals surface area contributed by atoms with Gasteiger partial charge in [-0.25, -0.2) is 4.98 Å². The first kappa shape index (κ1) is 8.73. The molecule has 0 aliphatic carbocycles. The van der Waals surface area contributed by atoms with E-state index in [-0.39, 0.29) is 6.42 Å². The van der Waals surface area contributed by atoms with Crippen LogP contribution in [0.4, 0.5) is 0 Å². The molecule has 1 atom stereocenters. The average Bonchev–Trinajstić information content (AvgIpc) is 2.32. The Hall–Kier alpha value is -1.36. The number of aromatic nitrogens is 2. The Bertz CT molecular complexity index is 266. The molecule has 1 aromatic heterocycles. The van der Waals surface area contributed by atoms with Crippen molar-refractivity contribution in [3.8, 4) is 0 Å². The minimum absolute atomic E-state index is 0.138. The molecular weight excluding hydrogens is 158 g/mol. The summed E-state index contributed by atoms with van der Waals surface area (Å²) in [5, 5.41) is 8.53. The third-order valence-electron chi connectivity index (χ3n) is 1.56. The third-order valence-corrected chi connectivity index (χ3v) is 1.56. The summed E-state index contributed by atoms with van der Waals surface area (Å²) in [7, 11) is 0. The van der Waals surface area contributed by atoms with Crippen LogP contribution >= 0.6 is 0 Å². The molecule has 5 nitrogen and oxygen atoms in total. The molecule has 0 aliphatic rings. The molecule has 0 amide bonds. The van der Waals surface area contributed by atoms with Crippen molar-refractivity contribution in [2.75, 3.05) is 0 Å². The molecule has 0 unspecified atom stereocenters. The second-order valence-electron chi connectivity index (χ2n) is 2.93. The Morgan fingerprint density at radius 1 is 1.92 bits per heavy atom. The summed E-state index contributed by atoms with van der Waals surface area (Å²) >= 11 is 0. The van der Waals surface area contributed by atoms with Gasteiger partial charge in [-0.1, -0.05) is 0 Å². The predicted octanol–water partition coefficient (Wildman–Crippen LogP) is 0.0583. The van der Waals surface area contributed by atoms with Gasteiger partial charge in [0.25, 0.3) is 0 Å². The van der Waals surface area contributed by atoms with Gasteiger partial charge in [0.15, 0.2) is 0 Å². The second-order valence-corrected chi connectivity index (χ2v) is 2.93. The molecule has 5 heteroatoms. The smallest absolute Gasteiger partial charge is 0.305 e. The Morgan fingerprint density at radius 3 is 3.00 bits per heavy atom. The number of carboxylic acids is 1. The highest BCUT2D eigenvalue weighted by Crippen LogP contribution is 2.16. The fourth-order valence-electron chi connectivity index (χ4n) is 0.975. The Morgan fingerprint density at radius 2 is 2.58 bits per heavy atom. The molecule has 0 saturated heterocycles. The van der Waals surface area contributed by atoms with Crippen molar-refractivity contribution in [3.63, 3.8) is 0 Å². The van der Waals surface area contributed by atoms with Crippen molar-refractivity contribution >= 4 is 5.97 Å². The molecule has 1 aromatic rings. The number of aliphatic carboxylic acids is 1. The van der Waals surface area contributed by atoms with Crippen molar-refractivity contribution in [1.82, 2.24) is 9.97 Å². The first-order chi connectivity index (χ1) is 5.52. The lowest BCUT2D eigenvalue weighted by Gasteiger charge is -2.18. The molecule has 0 spiro atoms. The van der Waals surface area contributed by atoms with Crippen molar-refractivity contribution in [1.29, 1.82) is 0 Å². The van der Waals surface area contributed by atoms with Gasteiger partial charge in [0, 0.05) is 12.4 Å². The molecule has 0 bridgehead atoms. The molecular formula is C7H11N3O2. The maximum atomic E-state index is 10.4. The van der Waals surface area contributed by atoms with Gasteiger partial charge in [0.1, 0.15) is 5.82 Å². The highest BCUT2D eigenvalue weighted by Gasteiger charge is 2.26. The summed E-state index contributed by atoms with van der Waals surface area (Å²) in [6.07, 6.45) is 3.02. The zero-order valence-electron chi connectivity index (χ0n) is 6.74. The molecule has 0 aliphatic heterocycles. The summed E-state index contributed by atoms with van der Waals surface area (Å²) in [4.78, 5) is 17.1. The molecule has 0 aromatic carbocycles. The Balaban J connectivity index is 2.79. The Labute approximate surface area is 69.6 Å². The number of nitrogens with one attached hydrogen (secondary N) is 1. The van der Waals surface area contributed by atoms with Crippen LogP contribution in [0.15, 0.2) is 12.4 Å². The lowest BCUT2D eigenvalue weighted by atomic mass is 9.99. The number of hydrogen-bond acceptors (Lipinski definition) is 3. The van der Waals surface area contributed by atoms with E-state index in [1.54, 1.807) is 19.3 Å². The summed E-state index contributed by atoms with van der Waals surface area (Å²) < 4.78 is 0. The summed E-state index contributed by atoms with van der Waals surface area (Å²) in [5.74, 6) is -0.443. The highest BCUT2D eigenvalue weighted by molar-refractivity contribution is 5.68. The van der Waals surface area contributed by atoms with E-state index < -0.39 is 11.5 Å². The predicted molar refractivity (Wildman–Crippen MR) is 42.4 cm³/mol. The van der Waals surface area contributed by atoms with Crippen LogP contribution in [0.5, 0.6) is 0 Å². The van der Waals surface area contributed by atoms with E-state index in [9.17, 15) is 4.79 Å². The molecule has 1 rings (SSSR count). The Kier molecular flexibility index (Phi) is 2.14. The number of carbonyl (C=O) groups is 1. The largest absolute Gasteiger partial charge is 0.481 e. The van der Waals surface area contributed by atoms with E-state index in [1.165, 1.54) is 0 Å². The number of H-pyrrole nitrogens is 1. The number of nitrogens with two attached hydrogens (primary N) is 1. The first-order valence-corrected chi connectivity index (χ1v) is 3.53. The topological polar surface area (TPSA) is 92.0 Å². The fraction of sp³-hybridized carbons (Fsp3) is 0.429. The molecule has 0 saturated carbocycles. The van der Waals surface area contributed by atoms with Crippen LogP contribution in [0.2, 0.25) is 0 Å². The van der Waals surface area contributed by atoms with Crippen LogP contribution in [-0.4, -0.2) is 21.0 Å². The quantitative estimate of drug-likeness (QED) is 0.596. The lowest BCUT2D eigenvalue weighted by Crippen LogP contribution is -2.36. The first-order valence-electron chi connectivity index (χ1n) is 3.53. The zero-order valence-corrected chi connectivity index (χ0v) is 6.74. The van der Waals surface area contributed by atoms with Crippen LogP contribution in [0.1, 0.15) is 19.2 Å². The highest BCUT2D eigenvalue weighted by atomic mass is 16.4. The molecule has 4 N–H and O–H groups in total. The summed E-state index contributed by atoms with van der Waals surface area (Å²) in [5.41, 5.74) is 4.79. The standard InChI is InChI=1S/C7H11N3O2/c1-7(8,4-5(11)12)6-9-2-3-10-6/h2-3H,4,8H2,1H3,(H,9,10)(H,11,12)/t7-/m0/s1. The second kappa shape index (κ2) is 2.94.